The summed E-state index contributed by atoms with van der Waals surface area (Å²) in [6, 6.07) is 24.1. The van der Waals surface area contributed by atoms with Crippen LogP contribution < -0.4 is 0 Å². The molecule has 0 saturated carbocycles. The Morgan fingerprint density at radius 3 is 2.22 bits per heavy atom. The molecular formula is C22H20S. The van der Waals surface area contributed by atoms with Crippen LogP contribution in [0.5, 0.6) is 0 Å². The van der Waals surface area contributed by atoms with E-state index >= 15 is 0 Å². The highest BCUT2D eigenvalue weighted by atomic mass is 32.1. The Kier molecular flexibility index (Phi) is 3.28. The second-order valence-electron chi connectivity index (χ2n) is 7.08. The summed E-state index contributed by atoms with van der Waals surface area (Å²) < 4.78 is 2.80. The van der Waals surface area contributed by atoms with Crippen molar-refractivity contribution in [1.29, 1.82) is 0 Å². The minimum atomic E-state index is 0.160. The van der Waals surface area contributed by atoms with Gasteiger partial charge in [0.15, 0.2) is 0 Å². The van der Waals surface area contributed by atoms with Gasteiger partial charge in [-0.25, -0.2) is 0 Å². The highest BCUT2D eigenvalue weighted by Crippen LogP contribution is 2.43. The van der Waals surface area contributed by atoms with E-state index in [2.05, 4.69) is 87.5 Å². The van der Waals surface area contributed by atoms with Crippen LogP contribution in [-0.2, 0) is 5.41 Å². The summed E-state index contributed by atoms with van der Waals surface area (Å²) >= 11 is 1.92. The van der Waals surface area contributed by atoms with Gasteiger partial charge < -0.3 is 0 Å². The molecule has 4 aromatic rings. The lowest BCUT2D eigenvalue weighted by atomic mass is 9.86. The molecule has 4 rings (SSSR count). The van der Waals surface area contributed by atoms with Crippen LogP contribution >= 0.6 is 11.3 Å². The van der Waals surface area contributed by atoms with Crippen molar-refractivity contribution in [2.45, 2.75) is 26.2 Å². The number of hydrogen-bond donors (Lipinski definition) is 0. The lowest BCUT2D eigenvalue weighted by Gasteiger charge is -2.19. The van der Waals surface area contributed by atoms with E-state index in [-0.39, 0.29) is 5.41 Å². The van der Waals surface area contributed by atoms with Gasteiger partial charge in [0.2, 0.25) is 0 Å². The Morgan fingerprint density at radius 2 is 1.48 bits per heavy atom. The molecule has 1 aromatic heterocycles. The fourth-order valence-electron chi connectivity index (χ4n) is 3.30. The minimum Gasteiger partial charge on any atom is -0.135 e. The molecule has 0 amide bonds. The average molecular weight is 316 g/mol. The van der Waals surface area contributed by atoms with Gasteiger partial charge in [0.05, 0.1) is 0 Å². The quantitative estimate of drug-likeness (QED) is 0.354. The number of hydrogen-bond acceptors (Lipinski definition) is 1. The molecule has 0 saturated heterocycles. The van der Waals surface area contributed by atoms with E-state index in [1.165, 1.54) is 36.9 Å². The second-order valence-corrected chi connectivity index (χ2v) is 8.13. The fourth-order valence-corrected chi connectivity index (χ4v) is 4.75. The van der Waals surface area contributed by atoms with E-state index in [0.29, 0.717) is 0 Å². The Labute approximate surface area is 141 Å². The molecular weight excluding hydrogens is 296 g/mol. The summed E-state index contributed by atoms with van der Waals surface area (Å²) in [6.07, 6.45) is 0. The van der Waals surface area contributed by atoms with Crippen LogP contribution in [0.1, 0.15) is 26.3 Å². The fraction of sp³-hybridized carbons (Fsp3) is 0.182. The Bertz CT molecular complexity index is 985. The third kappa shape index (κ3) is 2.36. The third-order valence-electron chi connectivity index (χ3n) is 4.42. The number of thiophene rings is 1. The van der Waals surface area contributed by atoms with E-state index in [0.717, 1.165) is 0 Å². The van der Waals surface area contributed by atoms with Gasteiger partial charge in [-0.3, -0.25) is 0 Å². The van der Waals surface area contributed by atoms with Crippen LogP contribution in [-0.4, -0.2) is 0 Å². The molecule has 0 aliphatic rings. The normalized spacial score (nSPS) is 12.1. The van der Waals surface area contributed by atoms with Crippen molar-refractivity contribution in [3.05, 3.63) is 72.3 Å². The smallest absolute Gasteiger partial charge is 0.0392 e. The predicted molar refractivity (Wildman–Crippen MR) is 103 cm³/mol. The SMILES string of the molecule is CC(C)(C)c1cccc2c1sc1cccc(-c3ccccc3)c12. The Morgan fingerprint density at radius 1 is 0.739 bits per heavy atom. The molecule has 1 heterocycles. The summed E-state index contributed by atoms with van der Waals surface area (Å²) in [5, 5.41) is 2.78. The highest BCUT2D eigenvalue weighted by Gasteiger charge is 2.20. The molecule has 114 valence electrons. The molecule has 0 N–H and O–H groups in total. The first-order chi connectivity index (χ1) is 11.1. The maximum atomic E-state index is 2.30. The van der Waals surface area contributed by atoms with Gasteiger partial charge >= 0.3 is 0 Å². The van der Waals surface area contributed by atoms with Gasteiger partial charge in [-0.1, -0.05) is 81.4 Å². The van der Waals surface area contributed by atoms with E-state index in [1.807, 2.05) is 11.3 Å². The summed E-state index contributed by atoms with van der Waals surface area (Å²) in [5.74, 6) is 0. The molecule has 0 atom stereocenters. The van der Waals surface area contributed by atoms with E-state index < -0.39 is 0 Å². The predicted octanol–water partition coefficient (Wildman–Crippen LogP) is 7.02. The van der Waals surface area contributed by atoms with Crippen LogP contribution in [0, 0.1) is 0 Å². The van der Waals surface area contributed by atoms with Gasteiger partial charge in [-0.2, -0.15) is 0 Å². The summed E-state index contributed by atoms with van der Waals surface area (Å²) in [4.78, 5) is 0. The van der Waals surface area contributed by atoms with Gasteiger partial charge in [0.1, 0.15) is 0 Å². The summed E-state index contributed by atoms with van der Waals surface area (Å²) in [5.41, 5.74) is 4.22. The number of benzene rings is 3. The van der Waals surface area contributed by atoms with Crippen molar-refractivity contribution < 1.29 is 0 Å². The molecule has 0 spiro atoms. The van der Waals surface area contributed by atoms with Crippen molar-refractivity contribution in [1.82, 2.24) is 0 Å². The zero-order valence-electron chi connectivity index (χ0n) is 13.8. The van der Waals surface area contributed by atoms with Crippen LogP contribution in [0.3, 0.4) is 0 Å². The van der Waals surface area contributed by atoms with E-state index in [1.54, 1.807) is 0 Å². The maximum absolute atomic E-state index is 2.30. The molecule has 0 radical (unpaired) electrons. The number of fused-ring (bicyclic) bond motifs is 3. The summed E-state index contributed by atoms with van der Waals surface area (Å²) in [6.45, 7) is 6.89. The molecule has 0 unspecified atom stereocenters. The molecule has 23 heavy (non-hydrogen) atoms. The zero-order chi connectivity index (χ0) is 16.0. The second kappa shape index (κ2) is 5.21. The van der Waals surface area contributed by atoms with Gasteiger partial charge in [0.25, 0.3) is 0 Å². The maximum Gasteiger partial charge on any atom is 0.0392 e. The molecule has 0 bridgehead atoms. The first-order valence-corrected chi connectivity index (χ1v) is 8.87. The van der Waals surface area contributed by atoms with Crippen molar-refractivity contribution in [2.24, 2.45) is 0 Å². The molecule has 0 nitrogen and oxygen atoms in total. The van der Waals surface area contributed by atoms with Crippen LogP contribution in [0.15, 0.2) is 66.7 Å². The van der Waals surface area contributed by atoms with Gasteiger partial charge in [-0.05, 0) is 28.2 Å². The van der Waals surface area contributed by atoms with Crippen LogP contribution in [0.25, 0.3) is 31.3 Å². The topological polar surface area (TPSA) is 0 Å². The first-order valence-electron chi connectivity index (χ1n) is 8.06. The zero-order valence-corrected chi connectivity index (χ0v) is 14.6. The standard InChI is InChI=1S/C22H20S/c1-22(2,3)18-13-7-12-17-20-16(15-9-5-4-6-10-15)11-8-14-19(20)23-21(17)18/h4-14H,1-3H3. The molecule has 0 aliphatic carbocycles. The monoisotopic (exact) mass is 316 g/mol. The molecule has 3 aromatic carbocycles. The third-order valence-corrected chi connectivity index (χ3v) is 5.62. The molecule has 0 fully saturated rings. The van der Waals surface area contributed by atoms with Gasteiger partial charge in [0, 0.05) is 20.2 Å². The first kappa shape index (κ1) is 14.5. The number of rotatable bonds is 1. The minimum absolute atomic E-state index is 0.160. The van der Waals surface area contributed by atoms with Crippen LogP contribution in [0.2, 0.25) is 0 Å². The highest BCUT2D eigenvalue weighted by molar-refractivity contribution is 7.26. The Balaban J connectivity index is 2.13. The van der Waals surface area contributed by atoms with E-state index in [9.17, 15) is 0 Å². The van der Waals surface area contributed by atoms with Crippen molar-refractivity contribution in [3.8, 4) is 11.1 Å². The molecule has 1 heteroatoms. The summed E-state index contributed by atoms with van der Waals surface area (Å²) in [7, 11) is 0. The Hall–Kier alpha value is -2.12. The average Bonchev–Trinajstić information content (AvgIpc) is 2.93. The van der Waals surface area contributed by atoms with Crippen molar-refractivity contribution >= 4 is 31.5 Å². The van der Waals surface area contributed by atoms with Crippen LogP contribution in [0.4, 0.5) is 0 Å². The lowest BCUT2D eigenvalue weighted by molar-refractivity contribution is 0.597. The molecule has 0 aliphatic heterocycles. The largest absolute Gasteiger partial charge is 0.135 e. The van der Waals surface area contributed by atoms with Crippen molar-refractivity contribution in [2.75, 3.05) is 0 Å². The van der Waals surface area contributed by atoms with E-state index in [4.69, 9.17) is 0 Å². The van der Waals surface area contributed by atoms with Crippen molar-refractivity contribution in [3.63, 3.8) is 0 Å². The lowest BCUT2D eigenvalue weighted by Crippen LogP contribution is -2.10. The van der Waals surface area contributed by atoms with Gasteiger partial charge in [-0.15, -0.1) is 11.3 Å².